The fourth-order valence-corrected chi connectivity index (χ4v) is 5.59. The standard InChI is InChI=1S/C29H37N5O2/c1-21-8-6-9-24(18-21)33-17-16-32(20-22(33)2)14-7-13-30-28(35)23-11-12-25-26(19-23)31-27-10-4-3-5-15-34(27)29(25)36/h6,8-9,11-12,18-19,22H,3-5,7,10,13-17,20H2,1-2H3,(H,30,35)/t22-/m0/s1. The molecule has 0 aliphatic carbocycles. The summed E-state index contributed by atoms with van der Waals surface area (Å²) in [6.45, 7) is 9.83. The zero-order valence-corrected chi connectivity index (χ0v) is 21.5. The van der Waals surface area contributed by atoms with Crippen molar-refractivity contribution in [3.8, 4) is 0 Å². The number of anilines is 1. The molecule has 3 aromatic rings. The molecule has 1 N–H and O–H groups in total. The predicted octanol–water partition coefficient (Wildman–Crippen LogP) is 3.76. The van der Waals surface area contributed by atoms with Crippen LogP contribution in [0.3, 0.4) is 0 Å². The first-order valence-electron chi connectivity index (χ1n) is 13.4. The molecule has 0 radical (unpaired) electrons. The molecule has 1 atom stereocenters. The Kier molecular flexibility index (Phi) is 7.37. The number of hydrogen-bond donors (Lipinski definition) is 1. The van der Waals surface area contributed by atoms with Crippen LogP contribution in [0.25, 0.3) is 10.9 Å². The van der Waals surface area contributed by atoms with E-state index in [0.29, 0.717) is 29.1 Å². The molecule has 0 unspecified atom stereocenters. The second kappa shape index (κ2) is 10.8. The molecular weight excluding hydrogens is 450 g/mol. The van der Waals surface area contributed by atoms with Crippen LogP contribution in [0.4, 0.5) is 5.69 Å². The van der Waals surface area contributed by atoms with Gasteiger partial charge in [-0.05, 0) is 75.5 Å². The Bertz CT molecular complexity index is 1300. The van der Waals surface area contributed by atoms with Crippen LogP contribution in [-0.4, -0.2) is 59.1 Å². The molecule has 1 fully saturated rings. The van der Waals surface area contributed by atoms with Crippen molar-refractivity contribution in [1.82, 2.24) is 19.8 Å². The largest absolute Gasteiger partial charge is 0.366 e. The molecule has 2 aliphatic rings. The molecule has 2 aliphatic heterocycles. The maximum absolute atomic E-state index is 12.9. The van der Waals surface area contributed by atoms with Crippen LogP contribution in [0.2, 0.25) is 0 Å². The van der Waals surface area contributed by atoms with E-state index in [2.05, 4.69) is 53.2 Å². The topological polar surface area (TPSA) is 70.5 Å². The third kappa shape index (κ3) is 5.31. The molecule has 1 aromatic heterocycles. The SMILES string of the molecule is Cc1cccc(N2CCN(CCCNC(=O)c3ccc4c(=O)n5c(nc4c3)CCCCC5)C[C@@H]2C)c1. The number of piperazine rings is 1. The van der Waals surface area contributed by atoms with Crippen molar-refractivity contribution >= 4 is 22.5 Å². The summed E-state index contributed by atoms with van der Waals surface area (Å²) in [4.78, 5) is 35.5. The molecule has 5 rings (SSSR count). The van der Waals surface area contributed by atoms with Gasteiger partial charge in [-0.2, -0.15) is 0 Å². The van der Waals surface area contributed by atoms with Gasteiger partial charge in [0.15, 0.2) is 0 Å². The van der Waals surface area contributed by atoms with E-state index in [0.717, 1.165) is 70.7 Å². The summed E-state index contributed by atoms with van der Waals surface area (Å²) in [6.07, 6.45) is 4.91. The van der Waals surface area contributed by atoms with Crippen LogP contribution in [0, 0.1) is 6.92 Å². The van der Waals surface area contributed by atoms with Gasteiger partial charge in [-0.15, -0.1) is 0 Å². The number of rotatable bonds is 6. The highest BCUT2D eigenvalue weighted by atomic mass is 16.1. The van der Waals surface area contributed by atoms with Crippen LogP contribution in [0.1, 0.15) is 54.4 Å². The summed E-state index contributed by atoms with van der Waals surface area (Å²) in [5, 5.41) is 3.65. The van der Waals surface area contributed by atoms with E-state index in [1.165, 1.54) is 11.3 Å². The van der Waals surface area contributed by atoms with Crippen molar-refractivity contribution < 1.29 is 4.79 Å². The normalized spacial score (nSPS) is 18.6. The van der Waals surface area contributed by atoms with Gasteiger partial charge in [-0.3, -0.25) is 19.1 Å². The lowest BCUT2D eigenvalue weighted by atomic mass is 10.1. The molecule has 2 aromatic carbocycles. The molecule has 36 heavy (non-hydrogen) atoms. The first kappa shape index (κ1) is 24.5. The summed E-state index contributed by atoms with van der Waals surface area (Å²) >= 11 is 0. The fraction of sp³-hybridized carbons (Fsp3) is 0.483. The minimum absolute atomic E-state index is 0.0144. The average molecular weight is 488 g/mol. The van der Waals surface area contributed by atoms with Gasteiger partial charge in [0.1, 0.15) is 5.82 Å². The van der Waals surface area contributed by atoms with Crippen LogP contribution in [-0.2, 0) is 13.0 Å². The summed E-state index contributed by atoms with van der Waals surface area (Å²) < 4.78 is 1.82. The van der Waals surface area contributed by atoms with E-state index in [1.807, 2.05) is 4.57 Å². The van der Waals surface area contributed by atoms with Crippen molar-refractivity contribution in [2.45, 2.75) is 58.5 Å². The van der Waals surface area contributed by atoms with E-state index < -0.39 is 0 Å². The molecule has 1 amide bonds. The highest BCUT2D eigenvalue weighted by Crippen LogP contribution is 2.22. The first-order valence-corrected chi connectivity index (χ1v) is 13.4. The summed E-state index contributed by atoms with van der Waals surface area (Å²) in [5.41, 5.74) is 3.80. The second-order valence-corrected chi connectivity index (χ2v) is 10.3. The van der Waals surface area contributed by atoms with Gasteiger partial charge in [0.05, 0.1) is 10.9 Å². The van der Waals surface area contributed by atoms with Crippen molar-refractivity contribution in [1.29, 1.82) is 0 Å². The maximum Gasteiger partial charge on any atom is 0.261 e. The van der Waals surface area contributed by atoms with Gasteiger partial charge in [0, 0.05) is 56.4 Å². The van der Waals surface area contributed by atoms with Crippen LogP contribution in [0.15, 0.2) is 47.3 Å². The lowest BCUT2D eigenvalue weighted by Crippen LogP contribution is -2.52. The van der Waals surface area contributed by atoms with E-state index in [9.17, 15) is 9.59 Å². The smallest absolute Gasteiger partial charge is 0.261 e. The maximum atomic E-state index is 12.9. The molecule has 0 bridgehead atoms. The first-order chi connectivity index (χ1) is 17.5. The van der Waals surface area contributed by atoms with Crippen molar-refractivity contribution in [2.24, 2.45) is 0 Å². The van der Waals surface area contributed by atoms with Crippen LogP contribution in [0.5, 0.6) is 0 Å². The van der Waals surface area contributed by atoms with Crippen molar-refractivity contribution in [3.05, 3.63) is 69.8 Å². The van der Waals surface area contributed by atoms with Gasteiger partial charge < -0.3 is 10.2 Å². The third-order valence-corrected chi connectivity index (χ3v) is 7.56. The number of benzene rings is 2. The van der Waals surface area contributed by atoms with Gasteiger partial charge in [-0.1, -0.05) is 18.6 Å². The molecule has 7 nitrogen and oxygen atoms in total. The predicted molar refractivity (Wildman–Crippen MR) is 145 cm³/mol. The molecular formula is C29H37N5O2. The van der Waals surface area contributed by atoms with Crippen molar-refractivity contribution in [3.63, 3.8) is 0 Å². The fourth-order valence-electron chi connectivity index (χ4n) is 5.59. The number of carbonyl (C=O) groups is 1. The summed E-state index contributed by atoms with van der Waals surface area (Å²) in [7, 11) is 0. The average Bonchev–Trinajstić information content (AvgIpc) is 3.12. The Morgan fingerprint density at radius 2 is 1.97 bits per heavy atom. The zero-order valence-electron chi connectivity index (χ0n) is 21.5. The number of carbonyl (C=O) groups excluding carboxylic acids is 1. The lowest BCUT2D eigenvalue weighted by Gasteiger charge is -2.41. The van der Waals surface area contributed by atoms with Gasteiger partial charge in [0.2, 0.25) is 0 Å². The minimum atomic E-state index is -0.105. The Balaban J connectivity index is 1.13. The molecule has 0 spiro atoms. The van der Waals surface area contributed by atoms with Crippen LogP contribution < -0.4 is 15.8 Å². The number of aryl methyl sites for hydroxylation is 2. The second-order valence-electron chi connectivity index (χ2n) is 10.3. The zero-order chi connectivity index (χ0) is 25.1. The Morgan fingerprint density at radius 3 is 2.81 bits per heavy atom. The third-order valence-electron chi connectivity index (χ3n) is 7.56. The highest BCUT2D eigenvalue weighted by Gasteiger charge is 2.23. The number of amides is 1. The monoisotopic (exact) mass is 487 g/mol. The van der Waals surface area contributed by atoms with Crippen molar-refractivity contribution in [2.75, 3.05) is 37.6 Å². The van der Waals surface area contributed by atoms with E-state index in [4.69, 9.17) is 4.98 Å². The van der Waals surface area contributed by atoms with E-state index in [1.54, 1.807) is 18.2 Å². The van der Waals surface area contributed by atoms with Gasteiger partial charge in [-0.25, -0.2) is 4.98 Å². The molecule has 1 saturated heterocycles. The van der Waals surface area contributed by atoms with E-state index in [-0.39, 0.29) is 11.5 Å². The summed E-state index contributed by atoms with van der Waals surface area (Å²) in [5.74, 6) is 0.741. The lowest BCUT2D eigenvalue weighted by molar-refractivity contribution is 0.0951. The summed E-state index contributed by atoms with van der Waals surface area (Å²) in [6, 6.07) is 14.5. The highest BCUT2D eigenvalue weighted by molar-refractivity contribution is 5.97. The van der Waals surface area contributed by atoms with E-state index >= 15 is 0 Å². The molecule has 0 saturated carbocycles. The minimum Gasteiger partial charge on any atom is -0.366 e. The Morgan fingerprint density at radius 1 is 1.08 bits per heavy atom. The molecule has 190 valence electrons. The number of nitrogens with one attached hydrogen (secondary N) is 1. The van der Waals surface area contributed by atoms with Gasteiger partial charge >= 0.3 is 0 Å². The quantitative estimate of drug-likeness (QED) is 0.536. The number of hydrogen-bond acceptors (Lipinski definition) is 5. The Hall–Kier alpha value is -3.19. The van der Waals surface area contributed by atoms with Crippen LogP contribution >= 0.6 is 0 Å². The Labute approximate surface area is 213 Å². The van der Waals surface area contributed by atoms with Gasteiger partial charge in [0.25, 0.3) is 11.5 Å². The molecule has 3 heterocycles. The number of aromatic nitrogens is 2. The number of nitrogens with zero attached hydrogens (tertiary/aromatic N) is 4. The number of fused-ring (bicyclic) bond motifs is 2. The molecule has 7 heteroatoms.